The van der Waals surface area contributed by atoms with Crippen molar-refractivity contribution in [3.63, 3.8) is 0 Å². The fourth-order valence-electron chi connectivity index (χ4n) is 3.45. The molecule has 1 aliphatic rings. The minimum absolute atomic E-state index is 0.288. The molecular formula is C22H23FN4O2S. The number of aromatic nitrogens is 1. The van der Waals surface area contributed by atoms with Crippen LogP contribution in [0, 0.1) is 5.82 Å². The largest absolute Gasteiger partial charge is 0.445 e. The third-order valence-corrected chi connectivity index (χ3v) is 5.88. The molecule has 30 heavy (non-hydrogen) atoms. The van der Waals surface area contributed by atoms with Crippen molar-refractivity contribution in [2.75, 3.05) is 30.4 Å². The summed E-state index contributed by atoms with van der Waals surface area (Å²) in [5, 5.41) is 7.04. The smallest absolute Gasteiger partial charge is 0.327 e. The molecule has 2 amide bonds. The van der Waals surface area contributed by atoms with Gasteiger partial charge in [0.25, 0.3) is 0 Å². The van der Waals surface area contributed by atoms with Crippen molar-refractivity contribution in [3.05, 3.63) is 66.1 Å². The first kappa shape index (κ1) is 20.3. The molecule has 8 heteroatoms. The van der Waals surface area contributed by atoms with Gasteiger partial charge in [-0.1, -0.05) is 29.5 Å². The highest BCUT2D eigenvalue weighted by Crippen LogP contribution is 2.31. The summed E-state index contributed by atoms with van der Waals surface area (Å²) < 4.78 is 18.9. The number of ether oxygens (including phenoxy) is 1. The molecule has 0 bridgehead atoms. The molecule has 0 radical (unpaired) electrons. The first-order chi connectivity index (χ1) is 14.6. The fourth-order valence-corrected chi connectivity index (χ4v) is 4.12. The number of hydrogen-bond acceptors (Lipinski definition) is 5. The molecule has 2 N–H and O–H groups in total. The Morgan fingerprint density at radius 3 is 2.83 bits per heavy atom. The average Bonchev–Trinajstić information content (AvgIpc) is 3.20. The van der Waals surface area contributed by atoms with Crippen molar-refractivity contribution in [1.29, 1.82) is 0 Å². The van der Waals surface area contributed by atoms with Gasteiger partial charge in [-0.05, 0) is 61.7 Å². The maximum Gasteiger partial charge on any atom is 0.327 e. The summed E-state index contributed by atoms with van der Waals surface area (Å²) in [6, 6.07) is 13.7. The summed E-state index contributed by atoms with van der Waals surface area (Å²) in [4.78, 5) is 18.4. The van der Waals surface area contributed by atoms with E-state index in [-0.39, 0.29) is 11.8 Å². The minimum Gasteiger partial charge on any atom is -0.445 e. The van der Waals surface area contributed by atoms with Gasteiger partial charge < -0.3 is 10.1 Å². The van der Waals surface area contributed by atoms with Crippen molar-refractivity contribution in [3.8, 4) is 10.8 Å². The molecule has 1 saturated heterocycles. The third-order valence-electron chi connectivity index (χ3n) is 5.09. The molecule has 0 atom stereocenters. The molecule has 0 spiro atoms. The topological polar surface area (TPSA) is 66.5 Å². The molecule has 0 unspecified atom stereocenters. The number of halogens is 1. The van der Waals surface area contributed by atoms with Gasteiger partial charge in [0, 0.05) is 18.8 Å². The number of carbonyl (C=O) groups excluding carboxylic acids is 1. The van der Waals surface area contributed by atoms with E-state index >= 15 is 0 Å². The number of carbonyl (C=O) groups is 1. The van der Waals surface area contributed by atoms with Gasteiger partial charge in [0.1, 0.15) is 11.6 Å². The van der Waals surface area contributed by atoms with Gasteiger partial charge in [-0.25, -0.2) is 14.2 Å². The van der Waals surface area contributed by atoms with E-state index in [9.17, 15) is 9.18 Å². The van der Waals surface area contributed by atoms with E-state index in [1.807, 2.05) is 12.1 Å². The van der Waals surface area contributed by atoms with Crippen LogP contribution in [0.25, 0.3) is 0 Å². The summed E-state index contributed by atoms with van der Waals surface area (Å²) in [6.07, 6.45) is 3.71. The highest BCUT2D eigenvalue weighted by atomic mass is 32.1. The molecule has 4 rings (SSSR count). The minimum atomic E-state index is -0.376. The third kappa shape index (κ3) is 4.95. The van der Waals surface area contributed by atoms with Crippen LogP contribution in [-0.4, -0.2) is 31.2 Å². The van der Waals surface area contributed by atoms with Crippen molar-refractivity contribution < 1.29 is 13.9 Å². The molecular weight excluding hydrogens is 403 g/mol. The standard InChI is InChI=1S/C22H23FN4O2S/c1-27(18-6-2-4-16(12-18)15-8-10-24-11-9-15)22(28)26-21-25-14-20(30-21)29-19-7-3-5-17(23)13-19/h2-7,12-15,24H,8-11H2,1H3,(H,25,26,28). The summed E-state index contributed by atoms with van der Waals surface area (Å²) in [5.41, 5.74) is 2.09. The second kappa shape index (κ2) is 9.23. The average molecular weight is 427 g/mol. The van der Waals surface area contributed by atoms with E-state index in [0.29, 0.717) is 21.9 Å². The second-order valence-electron chi connectivity index (χ2n) is 7.15. The Labute approximate surface area is 178 Å². The van der Waals surface area contributed by atoms with Crippen LogP contribution >= 0.6 is 11.3 Å². The van der Waals surface area contributed by atoms with Gasteiger partial charge in [0.2, 0.25) is 5.06 Å². The highest BCUT2D eigenvalue weighted by molar-refractivity contribution is 7.17. The van der Waals surface area contributed by atoms with Gasteiger partial charge in [0.05, 0.1) is 6.20 Å². The lowest BCUT2D eigenvalue weighted by molar-refractivity contribution is 0.258. The Morgan fingerprint density at radius 1 is 1.23 bits per heavy atom. The highest BCUT2D eigenvalue weighted by Gasteiger charge is 2.18. The Kier molecular flexibility index (Phi) is 6.25. The molecule has 1 aromatic heterocycles. The van der Waals surface area contributed by atoms with Crippen molar-refractivity contribution >= 4 is 28.2 Å². The van der Waals surface area contributed by atoms with Crippen LogP contribution in [0.15, 0.2) is 54.7 Å². The number of thiazole rings is 1. The number of amides is 2. The van der Waals surface area contributed by atoms with E-state index in [0.717, 1.165) is 31.6 Å². The Morgan fingerprint density at radius 2 is 2.03 bits per heavy atom. The van der Waals surface area contributed by atoms with Crippen LogP contribution in [0.5, 0.6) is 10.8 Å². The maximum absolute atomic E-state index is 13.3. The van der Waals surface area contributed by atoms with Crippen molar-refractivity contribution in [2.24, 2.45) is 0 Å². The number of rotatable bonds is 5. The van der Waals surface area contributed by atoms with Crippen LogP contribution in [0.1, 0.15) is 24.3 Å². The first-order valence-corrected chi connectivity index (χ1v) is 10.6. The lowest BCUT2D eigenvalue weighted by Gasteiger charge is -2.24. The Hall–Kier alpha value is -2.97. The number of nitrogens with one attached hydrogen (secondary N) is 2. The molecule has 156 valence electrons. The Balaban J connectivity index is 1.39. The van der Waals surface area contributed by atoms with Crippen molar-refractivity contribution in [1.82, 2.24) is 10.3 Å². The lowest BCUT2D eigenvalue weighted by atomic mass is 9.90. The van der Waals surface area contributed by atoms with Gasteiger partial charge in [-0.15, -0.1) is 0 Å². The zero-order chi connectivity index (χ0) is 20.9. The lowest BCUT2D eigenvalue weighted by Crippen LogP contribution is -2.31. The number of piperidine rings is 1. The zero-order valence-electron chi connectivity index (χ0n) is 16.6. The number of benzene rings is 2. The van der Waals surface area contributed by atoms with E-state index in [1.165, 1.54) is 35.2 Å². The molecule has 2 aromatic carbocycles. The van der Waals surface area contributed by atoms with Crippen LogP contribution in [0.4, 0.5) is 20.0 Å². The zero-order valence-corrected chi connectivity index (χ0v) is 17.4. The number of hydrogen-bond donors (Lipinski definition) is 2. The second-order valence-corrected chi connectivity index (χ2v) is 8.15. The summed E-state index contributed by atoms with van der Waals surface area (Å²) >= 11 is 1.18. The van der Waals surface area contributed by atoms with Crippen LogP contribution < -0.4 is 20.3 Å². The first-order valence-electron chi connectivity index (χ1n) is 9.83. The normalized spacial score (nSPS) is 14.3. The Bertz CT molecular complexity index is 1020. The van der Waals surface area contributed by atoms with E-state index < -0.39 is 0 Å². The molecule has 0 aliphatic carbocycles. The molecule has 0 saturated carbocycles. The van der Waals surface area contributed by atoms with E-state index in [1.54, 1.807) is 24.1 Å². The number of urea groups is 1. The van der Waals surface area contributed by atoms with Gasteiger partial charge in [0.15, 0.2) is 5.13 Å². The fraction of sp³-hybridized carbons (Fsp3) is 0.273. The van der Waals surface area contributed by atoms with E-state index in [4.69, 9.17) is 4.74 Å². The van der Waals surface area contributed by atoms with Gasteiger partial charge in [-0.3, -0.25) is 10.2 Å². The van der Waals surface area contributed by atoms with Gasteiger partial charge in [-0.2, -0.15) is 0 Å². The summed E-state index contributed by atoms with van der Waals surface area (Å²) in [5.74, 6) is 0.520. The summed E-state index contributed by atoms with van der Waals surface area (Å²) in [6.45, 7) is 2.05. The molecule has 1 fully saturated rings. The quantitative estimate of drug-likeness (QED) is 0.588. The predicted octanol–water partition coefficient (Wildman–Crippen LogP) is 5.21. The van der Waals surface area contributed by atoms with Crippen LogP contribution in [0.3, 0.4) is 0 Å². The number of nitrogens with zero attached hydrogens (tertiary/aromatic N) is 2. The van der Waals surface area contributed by atoms with Crippen molar-refractivity contribution in [2.45, 2.75) is 18.8 Å². The summed E-state index contributed by atoms with van der Waals surface area (Å²) in [7, 11) is 1.73. The monoisotopic (exact) mass is 426 g/mol. The molecule has 2 heterocycles. The predicted molar refractivity (Wildman–Crippen MR) is 117 cm³/mol. The van der Waals surface area contributed by atoms with Crippen LogP contribution in [0.2, 0.25) is 0 Å². The van der Waals surface area contributed by atoms with Gasteiger partial charge >= 0.3 is 6.03 Å². The molecule has 1 aliphatic heterocycles. The molecule has 3 aromatic rings. The van der Waals surface area contributed by atoms with E-state index in [2.05, 4.69) is 27.8 Å². The number of anilines is 2. The van der Waals surface area contributed by atoms with Crippen LogP contribution in [-0.2, 0) is 0 Å². The molecule has 6 nitrogen and oxygen atoms in total. The maximum atomic E-state index is 13.3. The SMILES string of the molecule is CN(C(=O)Nc1ncc(Oc2cccc(F)c2)s1)c1cccc(C2CCNCC2)c1.